The van der Waals surface area contributed by atoms with Crippen LogP contribution in [0.5, 0.6) is 5.75 Å². The minimum atomic E-state index is -0.787. The van der Waals surface area contributed by atoms with E-state index in [0.29, 0.717) is 37.7 Å². The minimum Gasteiger partial charge on any atom is -0.485 e. The van der Waals surface area contributed by atoms with Crippen LogP contribution in [0.1, 0.15) is 57.2 Å². The second-order valence-corrected chi connectivity index (χ2v) is 9.87. The van der Waals surface area contributed by atoms with Crippen LogP contribution in [0.15, 0.2) is 72.8 Å². The molecule has 2 fully saturated rings. The highest BCUT2D eigenvalue weighted by Crippen LogP contribution is 2.48. The second-order valence-electron chi connectivity index (χ2n) is 9.87. The van der Waals surface area contributed by atoms with E-state index in [9.17, 15) is 18.8 Å². The van der Waals surface area contributed by atoms with Crippen LogP contribution >= 0.6 is 0 Å². The molecule has 8 heteroatoms. The van der Waals surface area contributed by atoms with Gasteiger partial charge in [0, 0.05) is 37.7 Å². The lowest BCUT2D eigenvalue weighted by atomic mass is 10.1. The molecule has 1 saturated carbocycles. The topological polar surface area (TPSA) is 92.9 Å². The summed E-state index contributed by atoms with van der Waals surface area (Å²) in [5, 5.41) is 0. The Hall–Kier alpha value is -4.20. The van der Waals surface area contributed by atoms with Crippen molar-refractivity contribution in [3.63, 3.8) is 0 Å². The van der Waals surface area contributed by atoms with E-state index < -0.39 is 17.8 Å². The molecule has 3 unspecified atom stereocenters. The number of nitrogens with zero attached hydrogens (tertiary/aromatic N) is 2. The van der Waals surface area contributed by atoms with Gasteiger partial charge in [0.25, 0.3) is 11.8 Å². The molecule has 0 spiro atoms. The molecule has 196 valence electrons. The molecule has 1 heterocycles. The molecule has 1 saturated heterocycles. The molecule has 38 heavy (non-hydrogen) atoms. The Kier molecular flexibility index (Phi) is 7.13. The largest absolute Gasteiger partial charge is 0.485 e. The third kappa shape index (κ3) is 5.39. The third-order valence-corrected chi connectivity index (χ3v) is 7.33. The summed E-state index contributed by atoms with van der Waals surface area (Å²) in [7, 11) is 0. The zero-order valence-corrected chi connectivity index (χ0v) is 21.2. The Labute approximate surface area is 221 Å². The summed E-state index contributed by atoms with van der Waals surface area (Å²) in [4.78, 5) is 41.6. The molecule has 1 aliphatic carbocycles. The maximum atomic E-state index is 13.6. The zero-order valence-electron chi connectivity index (χ0n) is 21.2. The number of carbonyl (C=O) groups is 3. The predicted octanol–water partition coefficient (Wildman–Crippen LogP) is 4.15. The second kappa shape index (κ2) is 10.7. The van der Waals surface area contributed by atoms with Gasteiger partial charge in [0.15, 0.2) is 0 Å². The Balaban J connectivity index is 1.19. The fraction of sp³-hybridized carbons (Fsp3) is 0.300. The molecule has 2 aliphatic rings. The van der Waals surface area contributed by atoms with Crippen LogP contribution in [0.4, 0.5) is 4.39 Å². The van der Waals surface area contributed by atoms with E-state index in [0.717, 1.165) is 18.1 Å². The number of amides is 3. The van der Waals surface area contributed by atoms with Crippen LogP contribution < -0.4 is 10.5 Å². The van der Waals surface area contributed by atoms with Gasteiger partial charge in [0.2, 0.25) is 5.91 Å². The fourth-order valence-electron chi connectivity index (χ4n) is 5.06. The van der Waals surface area contributed by atoms with Gasteiger partial charge >= 0.3 is 0 Å². The summed E-state index contributed by atoms with van der Waals surface area (Å²) in [6, 6.07) is 20.8. The summed E-state index contributed by atoms with van der Waals surface area (Å²) in [6.45, 7) is 3.76. The quantitative estimate of drug-likeness (QED) is 0.512. The number of piperazine rings is 1. The standard InChI is InChI=1S/C30H30FN3O4/c1-19(38-27-11-10-23(31)17-26(27)28(32)35)21-8-5-9-22(16-21)29(36)33-12-14-34(15-13-33)30(37)25-18-24(25)20-6-3-2-4-7-20/h2-11,16-17,19,24-25H,12-15,18H2,1H3,(H2,32,35). The van der Waals surface area contributed by atoms with Crippen LogP contribution in [-0.2, 0) is 4.79 Å². The SMILES string of the molecule is CC(Oc1ccc(F)cc1C(N)=O)c1cccc(C(=O)N2CCN(C(=O)C3CC3c3ccccc3)CC2)c1. The van der Waals surface area contributed by atoms with Gasteiger partial charge in [-0.2, -0.15) is 0 Å². The van der Waals surface area contributed by atoms with E-state index in [4.69, 9.17) is 10.5 Å². The summed E-state index contributed by atoms with van der Waals surface area (Å²) in [5.41, 5.74) is 7.77. The monoisotopic (exact) mass is 515 g/mol. The molecular formula is C30H30FN3O4. The number of ether oxygens (including phenoxy) is 1. The average molecular weight is 516 g/mol. The van der Waals surface area contributed by atoms with Gasteiger partial charge in [-0.3, -0.25) is 14.4 Å². The Morgan fingerprint density at radius 3 is 2.34 bits per heavy atom. The number of hydrogen-bond donors (Lipinski definition) is 1. The Bertz CT molecular complexity index is 1350. The molecule has 7 nitrogen and oxygen atoms in total. The number of primary amides is 1. The minimum absolute atomic E-state index is 0.0361. The van der Waals surface area contributed by atoms with E-state index in [2.05, 4.69) is 12.1 Å². The van der Waals surface area contributed by atoms with Crippen molar-refractivity contribution in [2.45, 2.75) is 25.4 Å². The van der Waals surface area contributed by atoms with Crippen LogP contribution in [-0.4, -0.2) is 53.7 Å². The van der Waals surface area contributed by atoms with E-state index in [1.54, 1.807) is 30.0 Å². The number of carbonyl (C=O) groups excluding carboxylic acids is 3. The number of halogens is 1. The molecule has 5 rings (SSSR count). The van der Waals surface area contributed by atoms with Gasteiger partial charge in [-0.15, -0.1) is 0 Å². The number of benzene rings is 3. The summed E-state index contributed by atoms with van der Waals surface area (Å²) >= 11 is 0. The van der Waals surface area contributed by atoms with Gasteiger partial charge < -0.3 is 20.3 Å². The van der Waals surface area contributed by atoms with Crippen LogP contribution in [0.2, 0.25) is 0 Å². The molecule has 2 N–H and O–H groups in total. The lowest BCUT2D eigenvalue weighted by Gasteiger charge is -2.35. The van der Waals surface area contributed by atoms with Crippen molar-refractivity contribution in [3.8, 4) is 5.75 Å². The molecule has 0 bridgehead atoms. The normalized spacial score (nSPS) is 19.5. The molecule has 1 aliphatic heterocycles. The highest BCUT2D eigenvalue weighted by Gasteiger charge is 2.46. The summed E-state index contributed by atoms with van der Waals surface area (Å²) < 4.78 is 19.5. The zero-order chi connectivity index (χ0) is 26.8. The fourth-order valence-corrected chi connectivity index (χ4v) is 5.06. The van der Waals surface area contributed by atoms with Gasteiger partial charge in [0.1, 0.15) is 17.7 Å². The lowest BCUT2D eigenvalue weighted by molar-refractivity contribution is -0.134. The van der Waals surface area contributed by atoms with E-state index in [-0.39, 0.29) is 29.0 Å². The maximum absolute atomic E-state index is 13.6. The molecule has 0 radical (unpaired) electrons. The van der Waals surface area contributed by atoms with Crippen molar-refractivity contribution in [1.29, 1.82) is 0 Å². The van der Waals surface area contributed by atoms with Gasteiger partial charge in [-0.1, -0.05) is 42.5 Å². The Morgan fingerprint density at radius 1 is 0.921 bits per heavy atom. The van der Waals surface area contributed by atoms with Crippen LogP contribution in [0, 0.1) is 11.7 Å². The molecule has 3 aromatic carbocycles. The van der Waals surface area contributed by atoms with Crippen molar-refractivity contribution in [2.24, 2.45) is 11.7 Å². The first-order valence-corrected chi connectivity index (χ1v) is 12.8. The number of nitrogens with two attached hydrogens (primary N) is 1. The molecule has 0 aromatic heterocycles. The first-order chi connectivity index (χ1) is 18.3. The Morgan fingerprint density at radius 2 is 1.63 bits per heavy atom. The van der Waals surface area contributed by atoms with E-state index >= 15 is 0 Å². The first-order valence-electron chi connectivity index (χ1n) is 12.8. The first kappa shape index (κ1) is 25.4. The van der Waals surface area contributed by atoms with E-state index in [1.165, 1.54) is 17.7 Å². The number of hydrogen-bond acceptors (Lipinski definition) is 4. The average Bonchev–Trinajstić information content (AvgIpc) is 3.75. The smallest absolute Gasteiger partial charge is 0.253 e. The molecule has 3 atom stereocenters. The highest BCUT2D eigenvalue weighted by molar-refractivity contribution is 5.96. The van der Waals surface area contributed by atoms with Crippen molar-refractivity contribution in [1.82, 2.24) is 9.80 Å². The van der Waals surface area contributed by atoms with Gasteiger partial charge in [-0.25, -0.2) is 4.39 Å². The molecular weight excluding hydrogens is 485 g/mol. The van der Waals surface area contributed by atoms with Crippen LogP contribution in [0.3, 0.4) is 0 Å². The molecule has 3 amide bonds. The maximum Gasteiger partial charge on any atom is 0.253 e. The summed E-state index contributed by atoms with van der Waals surface area (Å²) in [5.74, 6) is -0.798. The van der Waals surface area contributed by atoms with E-state index in [1.807, 2.05) is 29.2 Å². The third-order valence-electron chi connectivity index (χ3n) is 7.33. The van der Waals surface area contributed by atoms with Crippen molar-refractivity contribution in [2.75, 3.05) is 26.2 Å². The lowest BCUT2D eigenvalue weighted by Crippen LogP contribution is -2.51. The number of rotatable bonds is 7. The van der Waals surface area contributed by atoms with Crippen molar-refractivity contribution in [3.05, 3.63) is 101 Å². The van der Waals surface area contributed by atoms with Gasteiger partial charge in [-0.05, 0) is 60.7 Å². The summed E-state index contributed by atoms with van der Waals surface area (Å²) in [6.07, 6.45) is 0.366. The predicted molar refractivity (Wildman–Crippen MR) is 140 cm³/mol. The molecule has 3 aromatic rings. The highest BCUT2D eigenvalue weighted by atomic mass is 19.1. The van der Waals surface area contributed by atoms with Crippen molar-refractivity contribution < 1.29 is 23.5 Å². The van der Waals surface area contributed by atoms with Crippen molar-refractivity contribution >= 4 is 17.7 Å². The van der Waals surface area contributed by atoms with Crippen LogP contribution in [0.25, 0.3) is 0 Å². The van der Waals surface area contributed by atoms with Gasteiger partial charge in [0.05, 0.1) is 5.56 Å².